The number of para-hydroxylation sites is 1. The maximum absolute atomic E-state index is 13.4. The summed E-state index contributed by atoms with van der Waals surface area (Å²) in [5, 5.41) is 2.87. The third kappa shape index (κ3) is 4.37. The molecule has 3 aromatic carbocycles. The Hall–Kier alpha value is -4.13. The highest BCUT2D eigenvalue weighted by atomic mass is 16.5. The molecule has 0 unspecified atom stereocenters. The Morgan fingerprint density at radius 2 is 1.71 bits per heavy atom. The average molecular weight is 470 g/mol. The summed E-state index contributed by atoms with van der Waals surface area (Å²) in [7, 11) is 0. The van der Waals surface area contributed by atoms with Gasteiger partial charge in [0.1, 0.15) is 12.3 Å². The molecule has 2 heterocycles. The molecule has 7 nitrogen and oxygen atoms in total. The Bertz CT molecular complexity index is 1300. The quantitative estimate of drug-likeness (QED) is 0.618. The van der Waals surface area contributed by atoms with E-state index in [2.05, 4.69) is 5.32 Å². The van der Waals surface area contributed by atoms with Crippen molar-refractivity contribution in [1.29, 1.82) is 0 Å². The molecule has 0 spiro atoms. The van der Waals surface area contributed by atoms with Gasteiger partial charge in [0.25, 0.3) is 11.8 Å². The molecule has 7 heteroatoms. The lowest BCUT2D eigenvalue weighted by atomic mass is 10.0. The third-order valence-electron chi connectivity index (χ3n) is 6.39. The third-order valence-corrected chi connectivity index (χ3v) is 6.39. The molecule has 0 saturated carbocycles. The zero-order valence-corrected chi connectivity index (χ0v) is 19.8. The van der Waals surface area contributed by atoms with Crippen molar-refractivity contribution in [2.24, 2.45) is 0 Å². The highest BCUT2D eigenvalue weighted by Crippen LogP contribution is 2.39. The van der Waals surface area contributed by atoms with Crippen molar-refractivity contribution in [3.63, 3.8) is 0 Å². The van der Waals surface area contributed by atoms with Gasteiger partial charge in [-0.15, -0.1) is 0 Å². The number of nitrogens with zero attached hydrogens (tertiary/aromatic N) is 2. The average Bonchev–Trinajstić information content (AvgIpc) is 3.29. The SMILES string of the molecule is CC1(C)Oc2ccc(C(=O)N3CCc4ccccc43)cc2N(CC(=O)NCc2ccccc2)C1=O. The first-order valence-electron chi connectivity index (χ1n) is 11.7. The van der Waals surface area contributed by atoms with Crippen molar-refractivity contribution in [2.45, 2.75) is 32.4 Å². The van der Waals surface area contributed by atoms with Crippen LogP contribution in [0.15, 0.2) is 72.8 Å². The van der Waals surface area contributed by atoms with Gasteiger partial charge in [-0.05, 0) is 55.7 Å². The summed E-state index contributed by atoms with van der Waals surface area (Å²) < 4.78 is 5.94. The molecule has 2 aliphatic rings. The first-order chi connectivity index (χ1) is 16.8. The molecule has 0 aromatic heterocycles. The first-order valence-corrected chi connectivity index (χ1v) is 11.7. The minimum atomic E-state index is -1.13. The van der Waals surface area contributed by atoms with Crippen molar-refractivity contribution in [2.75, 3.05) is 22.9 Å². The molecule has 0 atom stereocenters. The molecular weight excluding hydrogens is 442 g/mol. The smallest absolute Gasteiger partial charge is 0.271 e. The maximum atomic E-state index is 13.4. The van der Waals surface area contributed by atoms with E-state index < -0.39 is 5.60 Å². The van der Waals surface area contributed by atoms with Gasteiger partial charge in [-0.25, -0.2) is 0 Å². The molecule has 0 fully saturated rings. The Balaban J connectivity index is 1.40. The number of nitrogens with one attached hydrogen (secondary N) is 1. The second-order valence-corrected chi connectivity index (χ2v) is 9.28. The summed E-state index contributed by atoms with van der Waals surface area (Å²) in [4.78, 5) is 42.6. The fraction of sp³-hybridized carbons (Fsp3) is 0.250. The van der Waals surface area contributed by atoms with Gasteiger partial charge in [-0.3, -0.25) is 19.3 Å². The number of ether oxygens (including phenoxy) is 1. The van der Waals surface area contributed by atoms with Crippen molar-refractivity contribution in [3.8, 4) is 5.75 Å². The molecule has 0 aliphatic carbocycles. The maximum Gasteiger partial charge on any atom is 0.271 e. The van der Waals surface area contributed by atoms with Gasteiger partial charge in [-0.1, -0.05) is 48.5 Å². The largest absolute Gasteiger partial charge is 0.476 e. The number of fused-ring (bicyclic) bond motifs is 2. The van der Waals surface area contributed by atoms with Crippen molar-refractivity contribution >= 4 is 29.1 Å². The summed E-state index contributed by atoms with van der Waals surface area (Å²) in [6.07, 6.45) is 0.802. The molecule has 0 saturated heterocycles. The number of benzene rings is 3. The van der Waals surface area contributed by atoms with Crippen LogP contribution >= 0.6 is 0 Å². The van der Waals surface area contributed by atoms with E-state index in [0.717, 1.165) is 23.2 Å². The molecule has 3 amide bonds. The van der Waals surface area contributed by atoms with Gasteiger partial charge in [0.15, 0.2) is 5.60 Å². The Morgan fingerprint density at radius 3 is 2.51 bits per heavy atom. The Labute approximate surface area is 204 Å². The van der Waals surface area contributed by atoms with E-state index in [1.807, 2.05) is 54.6 Å². The van der Waals surface area contributed by atoms with Gasteiger partial charge in [0.05, 0.1) is 5.69 Å². The van der Waals surface area contributed by atoms with Gasteiger partial charge in [0, 0.05) is 24.3 Å². The van der Waals surface area contributed by atoms with E-state index in [4.69, 9.17) is 4.74 Å². The van der Waals surface area contributed by atoms with Crippen LogP contribution < -0.4 is 19.9 Å². The lowest BCUT2D eigenvalue weighted by Crippen LogP contribution is -2.55. The minimum Gasteiger partial charge on any atom is -0.476 e. The van der Waals surface area contributed by atoms with Crippen LogP contribution in [0.25, 0.3) is 0 Å². The van der Waals surface area contributed by atoms with Crippen LogP contribution in [-0.4, -0.2) is 36.4 Å². The van der Waals surface area contributed by atoms with E-state index in [1.165, 1.54) is 4.90 Å². The summed E-state index contributed by atoms with van der Waals surface area (Å²) in [5.41, 5.74) is 2.73. The molecule has 3 aromatic rings. The lowest BCUT2D eigenvalue weighted by molar-refractivity contribution is -0.134. The van der Waals surface area contributed by atoms with Crippen LogP contribution in [0.4, 0.5) is 11.4 Å². The number of anilines is 2. The van der Waals surface area contributed by atoms with Crippen LogP contribution in [0.3, 0.4) is 0 Å². The molecule has 0 radical (unpaired) electrons. The van der Waals surface area contributed by atoms with Crippen molar-refractivity contribution < 1.29 is 19.1 Å². The first kappa shape index (κ1) is 22.7. The zero-order chi connectivity index (χ0) is 24.6. The molecule has 35 heavy (non-hydrogen) atoms. The van der Waals surface area contributed by atoms with E-state index in [1.54, 1.807) is 36.9 Å². The van der Waals surface area contributed by atoms with Crippen LogP contribution in [-0.2, 0) is 22.6 Å². The van der Waals surface area contributed by atoms with Gasteiger partial charge < -0.3 is 15.0 Å². The highest BCUT2D eigenvalue weighted by Gasteiger charge is 2.42. The fourth-order valence-corrected chi connectivity index (χ4v) is 4.56. The summed E-state index contributed by atoms with van der Waals surface area (Å²) in [6, 6.07) is 22.5. The van der Waals surface area contributed by atoms with Crippen LogP contribution in [0, 0.1) is 0 Å². The van der Waals surface area contributed by atoms with E-state index in [9.17, 15) is 14.4 Å². The predicted octanol–water partition coefficient (Wildman–Crippen LogP) is 3.71. The number of rotatable bonds is 5. The summed E-state index contributed by atoms with van der Waals surface area (Å²) in [5.74, 6) is -0.320. The molecule has 0 bridgehead atoms. The molecule has 2 aliphatic heterocycles. The van der Waals surface area contributed by atoms with Crippen molar-refractivity contribution in [1.82, 2.24) is 5.32 Å². The normalized spacial score (nSPS) is 15.8. The topological polar surface area (TPSA) is 79.0 Å². The number of hydrogen-bond donors (Lipinski definition) is 1. The standard InChI is InChI=1S/C28H27N3O4/c1-28(2)27(34)31(18-25(32)29-17-19-8-4-3-5-9-19)23-16-21(12-13-24(23)35-28)26(33)30-15-14-20-10-6-7-11-22(20)30/h3-13,16H,14-15,17-18H2,1-2H3,(H,29,32). The van der Waals surface area contributed by atoms with Crippen LogP contribution in [0.5, 0.6) is 5.75 Å². The predicted molar refractivity (Wildman–Crippen MR) is 134 cm³/mol. The van der Waals surface area contributed by atoms with Gasteiger partial charge in [0.2, 0.25) is 5.91 Å². The molecule has 5 rings (SSSR count). The molecule has 1 N–H and O–H groups in total. The van der Waals surface area contributed by atoms with Gasteiger partial charge >= 0.3 is 0 Å². The van der Waals surface area contributed by atoms with E-state index in [0.29, 0.717) is 30.1 Å². The zero-order valence-electron chi connectivity index (χ0n) is 19.8. The minimum absolute atomic E-state index is 0.150. The number of carbonyl (C=O) groups excluding carboxylic acids is 3. The van der Waals surface area contributed by atoms with Crippen LogP contribution in [0.2, 0.25) is 0 Å². The van der Waals surface area contributed by atoms with Crippen LogP contribution in [0.1, 0.15) is 35.3 Å². The summed E-state index contributed by atoms with van der Waals surface area (Å²) in [6.45, 7) is 4.14. The second-order valence-electron chi connectivity index (χ2n) is 9.28. The molecular formula is C28H27N3O4. The summed E-state index contributed by atoms with van der Waals surface area (Å²) >= 11 is 0. The Kier molecular flexibility index (Phi) is 5.76. The Morgan fingerprint density at radius 1 is 0.971 bits per heavy atom. The fourth-order valence-electron chi connectivity index (χ4n) is 4.56. The lowest BCUT2D eigenvalue weighted by Gasteiger charge is -2.38. The van der Waals surface area contributed by atoms with E-state index >= 15 is 0 Å². The van der Waals surface area contributed by atoms with E-state index in [-0.39, 0.29) is 24.3 Å². The number of hydrogen-bond acceptors (Lipinski definition) is 4. The molecule has 178 valence electrons. The van der Waals surface area contributed by atoms with Crippen molar-refractivity contribution in [3.05, 3.63) is 89.5 Å². The van der Waals surface area contributed by atoms with Gasteiger partial charge in [-0.2, -0.15) is 0 Å². The second kappa shape index (κ2) is 8.91. The highest BCUT2D eigenvalue weighted by molar-refractivity contribution is 6.10. The number of amides is 3. The monoisotopic (exact) mass is 469 g/mol. The number of carbonyl (C=O) groups is 3.